The molecule has 1 heterocycles. The number of allylic oxidation sites excluding steroid dienone is 2. The van der Waals surface area contributed by atoms with Crippen LogP contribution in [0.15, 0.2) is 54.2 Å². The number of ketones is 4. The first-order valence-corrected chi connectivity index (χ1v) is 19.2. The molecular weight excluding hydrogens is 800 g/mol. The van der Waals surface area contributed by atoms with E-state index in [1.165, 1.54) is 27.1 Å². The van der Waals surface area contributed by atoms with Gasteiger partial charge in [-0.15, -0.1) is 0 Å². The first-order chi connectivity index (χ1) is 28.9. The number of fused-ring (bicyclic) bond motifs is 5. The highest BCUT2D eigenvalue weighted by Crippen LogP contribution is 2.56. The Labute approximate surface area is 347 Å². The number of aliphatic hydroxyl groups excluding tert-OH is 3. The number of benzene rings is 3. The monoisotopic (exact) mass is 844 g/mol. The maximum atomic E-state index is 14.9. The molecule has 0 aromatic heterocycles. The predicted molar refractivity (Wildman–Crippen MR) is 208 cm³/mol. The number of esters is 1. The van der Waals surface area contributed by atoms with Crippen LogP contribution in [-0.2, 0) is 42.4 Å². The summed E-state index contributed by atoms with van der Waals surface area (Å²) in [7, 11) is 3.48. The summed E-state index contributed by atoms with van der Waals surface area (Å²) in [6.45, 7) is 1.71. The van der Waals surface area contributed by atoms with Crippen LogP contribution in [0.2, 0.25) is 0 Å². The van der Waals surface area contributed by atoms with Crippen LogP contribution >= 0.6 is 0 Å². The van der Waals surface area contributed by atoms with Crippen molar-refractivity contribution in [3.8, 4) is 11.5 Å². The fourth-order valence-electron chi connectivity index (χ4n) is 9.04. The van der Waals surface area contributed by atoms with Crippen molar-refractivity contribution in [3.05, 3.63) is 104 Å². The number of aromatic hydroxyl groups is 2. The summed E-state index contributed by atoms with van der Waals surface area (Å²) >= 11 is 0. The highest BCUT2D eigenvalue weighted by Gasteiger charge is 2.72. The molecule has 322 valence electrons. The van der Waals surface area contributed by atoms with Crippen LogP contribution in [0.1, 0.15) is 81.0 Å². The second kappa shape index (κ2) is 15.9. The number of likely N-dealkylation sites (N-methyl/N-ethyl adjacent to an activating group) is 1. The predicted octanol–water partition coefficient (Wildman–Crippen LogP) is 0.372. The molecule has 1 amide bonds. The number of nitrogens with zero attached hydrogens (tertiary/aromatic N) is 1. The SMILES string of the molecule is CO[C@H]1[C@H](C)OC(NC2=CC(=O)c3c(cc4c(c3O)C(=O)[C@]3(OC)[C@H](O)Cc5cc(C)c(C(=O)N(C)CC(=O)OCc6ccccc6)c(O)c5[C@]3(O)C4=O)C2=O)C(CO)[C@@H]1O. The Hall–Kier alpha value is -5.86. The highest BCUT2D eigenvalue weighted by atomic mass is 16.6. The topological polar surface area (TPSA) is 276 Å². The van der Waals surface area contributed by atoms with Gasteiger partial charge in [-0.1, -0.05) is 36.4 Å². The lowest BCUT2D eigenvalue weighted by Crippen LogP contribution is -2.73. The summed E-state index contributed by atoms with van der Waals surface area (Å²) in [5.74, 6) is -9.77. The van der Waals surface area contributed by atoms with E-state index in [4.69, 9.17) is 18.9 Å². The molecule has 1 fully saturated rings. The average molecular weight is 845 g/mol. The number of hydrogen-bond acceptors (Lipinski definition) is 17. The second-order valence-electron chi connectivity index (χ2n) is 15.6. The van der Waals surface area contributed by atoms with Gasteiger partial charge in [0.2, 0.25) is 17.3 Å². The van der Waals surface area contributed by atoms with E-state index in [0.29, 0.717) is 5.56 Å². The van der Waals surface area contributed by atoms with Gasteiger partial charge in [0.15, 0.2) is 17.0 Å². The summed E-state index contributed by atoms with van der Waals surface area (Å²) < 4.78 is 22.0. The number of carbonyl (C=O) groups excluding carboxylic acids is 6. The van der Waals surface area contributed by atoms with Crippen LogP contribution in [-0.4, -0.2) is 141 Å². The highest BCUT2D eigenvalue weighted by molar-refractivity contribution is 6.31. The minimum atomic E-state index is -3.34. The van der Waals surface area contributed by atoms with E-state index in [1.54, 1.807) is 37.3 Å². The molecule has 7 N–H and O–H groups in total. The molecule has 1 aliphatic heterocycles. The molecule has 1 saturated heterocycles. The molecular formula is C43H44N2O16. The molecule has 18 nitrogen and oxygen atoms in total. The van der Waals surface area contributed by atoms with Crippen LogP contribution < -0.4 is 5.32 Å². The Balaban J connectivity index is 1.28. The average Bonchev–Trinajstić information content (AvgIpc) is 3.21. The molecule has 3 aliphatic carbocycles. The molecule has 61 heavy (non-hydrogen) atoms. The Morgan fingerprint density at radius 3 is 2.31 bits per heavy atom. The molecule has 4 aliphatic rings. The van der Waals surface area contributed by atoms with E-state index in [9.17, 15) is 59.4 Å². The Morgan fingerprint density at radius 1 is 0.984 bits per heavy atom. The lowest BCUT2D eigenvalue weighted by molar-refractivity contribution is -0.214. The summed E-state index contributed by atoms with van der Waals surface area (Å²) in [5, 5.41) is 71.7. The van der Waals surface area contributed by atoms with E-state index < -0.39 is 153 Å². The number of carbonyl (C=O) groups is 6. The molecule has 8 atom stereocenters. The minimum Gasteiger partial charge on any atom is -0.507 e. The van der Waals surface area contributed by atoms with Crippen molar-refractivity contribution in [3.63, 3.8) is 0 Å². The molecule has 18 heteroatoms. The molecule has 3 aromatic rings. The summed E-state index contributed by atoms with van der Waals surface area (Å²) in [6.07, 6.45) is -5.87. The smallest absolute Gasteiger partial charge is 0.325 e. The lowest BCUT2D eigenvalue weighted by Gasteiger charge is -2.53. The number of phenols is 2. The number of rotatable bonds is 10. The number of aliphatic hydroxyl groups is 4. The van der Waals surface area contributed by atoms with Gasteiger partial charge in [-0.3, -0.25) is 28.8 Å². The van der Waals surface area contributed by atoms with Gasteiger partial charge in [0.05, 0.1) is 53.2 Å². The quantitative estimate of drug-likeness (QED) is 0.136. The number of aryl methyl sites for hydroxylation is 1. The molecule has 3 aromatic carbocycles. The van der Waals surface area contributed by atoms with E-state index in [-0.39, 0.29) is 17.7 Å². The van der Waals surface area contributed by atoms with Gasteiger partial charge in [-0.25, -0.2) is 0 Å². The van der Waals surface area contributed by atoms with Crippen molar-refractivity contribution >= 4 is 35.0 Å². The van der Waals surface area contributed by atoms with Crippen LogP contribution in [0.3, 0.4) is 0 Å². The minimum absolute atomic E-state index is 0.0651. The zero-order valence-corrected chi connectivity index (χ0v) is 33.6. The van der Waals surface area contributed by atoms with E-state index >= 15 is 0 Å². The molecule has 0 saturated carbocycles. The zero-order valence-electron chi connectivity index (χ0n) is 33.6. The van der Waals surface area contributed by atoms with Crippen LogP contribution in [0.4, 0.5) is 0 Å². The molecule has 0 spiro atoms. The van der Waals surface area contributed by atoms with Crippen molar-refractivity contribution in [2.75, 3.05) is 34.4 Å². The van der Waals surface area contributed by atoms with Gasteiger partial charge in [-0.2, -0.15) is 0 Å². The summed E-state index contributed by atoms with van der Waals surface area (Å²) in [4.78, 5) is 85.0. The van der Waals surface area contributed by atoms with Gasteiger partial charge in [0, 0.05) is 50.5 Å². The number of Topliss-reactive ketones (excluding diaryl/α,β-unsaturated/α-hetero) is 3. The maximum absolute atomic E-state index is 14.9. The van der Waals surface area contributed by atoms with Gasteiger partial charge in [0.1, 0.15) is 37.0 Å². The van der Waals surface area contributed by atoms with E-state index in [2.05, 4.69) is 5.32 Å². The standard InChI is InChI=1S/C43H44N2O16/c1-18-11-21-12-27(48)43(59-5)39(55)31-23(13-22-30(35(31)52)26(47)14-25(33(22)50)44-40-24(16-46)34(51)37(58-4)19(2)61-40)38(54)42(43,57)32(21)36(53)29(18)41(56)45(3)15-28(49)60-17-20-9-7-6-8-10-20/h6-11,13-14,19,24,27,34,37,40,44,46,48,51-53,57H,12,15-17H2,1-5H3/t19-,24?,27+,34-,37-,40?,42-,43+/m0/s1. The van der Waals surface area contributed by atoms with Gasteiger partial charge < -0.3 is 59.8 Å². The third kappa shape index (κ3) is 6.44. The van der Waals surface area contributed by atoms with E-state index in [0.717, 1.165) is 24.2 Å². The van der Waals surface area contributed by atoms with Crippen molar-refractivity contribution in [2.24, 2.45) is 5.92 Å². The third-order valence-corrected chi connectivity index (χ3v) is 12.1. The largest absolute Gasteiger partial charge is 0.507 e. The summed E-state index contributed by atoms with van der Waals surface area (Å²) in [6, 6.07) is 10.9. The normalized spacial score (nSPS) is 27.9. The van der Waals surface area contributed by atoms with Crippen molar-refractivity contribution < 1.29 is 78.4 Å². The van der Waals surface area contributed by atoms with Crippen LogP contribution in [0.5, 0.6) is 11.5 Å². The van der Waals surface area contributed by atoms with Crippen molar-refractivity contribution in [2.45, 2.75) is 68.7 Å². The van der Waals surface area contributed by atoms with Gasteiger partial charge in [-0.05, 0) is 36.6 Å². The van der Waals surface area contributed by atoms with Gasteiger partial charge >= 0.3 is 5.97 Å². The van der Waals surface area contributed by atoms with Crippen molar-refractivity contribution in [1.82, 2.24) is 10.2 Å². The second-order valence-corrected chi connectivity index (χ2v) is 15.6. The molecule has 0 bridgehead atoms. The number of phenolic OH excluding ortho intramolecular Hbond substituents is 2. The molecule has 2 unspecified atom stereocenters. The fraction of sp³-hybridized carbons (Fsp3) is 0.395. The lowest BCUT2D eigenvalue weighted by atomic mass is 9.56. The Morgan fingerprint density at radius 2 is 1.67 bits per heavy atom. The van der Waals surface area contributed by atoms with Gasteiger partial charge in [0.25, 0.3) is 5.91 Å². The van der Waals surface area contributed by atoms with Crippen molar-refractivity contribution in [1.29, 1.82) is 0 Å². The molecule has 0 radical (unpaired) electrons. The summed E-state index contributed by atoms with van der Waals surface area (Å²) in [5.41, 5.74) is -10.1. The number of nitrogens with one attached hydrogen (secondary N) is 1. The number of ether oxygens (including phenoxy) is 4. The first kappa shape index (κ1) is 43.2. The zero-order chi connectivity index (χ0) is 44.5. The third-order valence-electron chi connectivity index (χ3n) is 12.1. The number of methoxy groups -OCH3 is 2. The number of hydrogen-bond donors (Lipinski definition) is 7. The van der Waals surface area contributed by atoms with E-state index in [1.807, 2.05) is 0 Å². The Kier molecular flexibility index (Phi) is 11.3. The van der Waals surface area contributed by atoms with Crippen LogP contribution in [0, 0.1) is 12.8 Å². The first-order valence-electron chi connectivity index (χ1n) is 19.2. The molecule has 7 rings (SSSR count). The number of amides is 1. The van der Waals surface area contributed by atoms with Crippen LogP contribution in [0.25, 0.3) is 0 Å². The Bertz CT molecular complexity index is 2410. The fourth-order valence-corrected chi connectivity index (χ4v) is 9.04. The maximum Gasteiger partial charge on any atom is 0.325 e.